The summed E-state index contributed by atoms with van der Waals surface area (Å²) in [6, 6.07) is -2.32. The van der Waals surface area contributed by atoms with Crippen LogP contribution in [0.15, 0.2) is 0 Å². The van der Waals surface area contributed by atoms with Crippen molar-refractivity contribution in [2.45, 2.75) is 202 Å². The number of nitrogens with zero attached hydrogens (tertiary/aromatic N) is 1. The van der Waals surface area contributed by atoms with Crippen LogP contribution in [-0.4, -0.2) is 252 Å². The van der Waals surface area contributed by atoms with Gasteiger partial charge in [-0.25, -0.2) is 0 Å². The number of rotatable bonds is 37. The van der Waals surface area contributed by atoms with E-state index < -0.39 is 158 Å². The van der Waals surface area contributed by atoms with Gasteiger partial charge in [-0.05, 0) is 88.2 Å². The van der Waals surface area contributed by atoms with Crippen molar-refractivity contribution in [3.63, 3.8) is 0 Å². The van der Waals surface area contributed by atoms with Crippen LogP contribution in [0.5, 0.6) is 0 Å². The number of ether oxygens (including phenoxy) is 4. The quantitative estimate of drug-likeness (QED) is 0.0160. The van der Waals surface area contributed by atoms with E-state index in [1.54, 1.807) is 6.92 Å². The number of unbranched alkanes of at least 4 members (excludes halogenated alkanes) is 3. The minimum atomic E-state index is -1.26. The van der Waals surface area contributed by atoms with E-state index in [0.717, 1.165) is 12.4 Å². The number of amides is 6. The summed E-state index contributed by atoms with van der Waals surface area (Å²) >= 11 is 0. The lowest BCUT2D eigenvalue weighted by Crippen LogP contribution is -2.58. The molecule has 82 heavy (non-hydrogen) atoms. The lowest BCUT2D eigenvalue weighted by Gasteiger charge is -2.44. The Balaban J connectivity index is 0.0000116. The van der Waals surface area contributed by atoms with Gasteiger partial charge in [0.1, 0.15) is 19.7 Å². The maximum Gasteiger partial charge on any atom is 0.236 e. The molecule has 3 rings (SSSR count). The second-order valence-electron chi connectivity index (χ2n) is 21.6. The molecule has 3 fully saturated rings. The number of carbonyl (C=O) groups excluding carboxylic acids is 7. The lowest BCUT2D eigenvalue weighted by atomic mass is 9.70. The summed E-state index contributed by atoms with van der Waals surface area (Å²) in [7, 11) is 19.9. The van der Waals surface area contributed by atoms with Gasteiger partial charge in [-0.2, -0.15) is 0 Å². The predicted molar refractivity (Wildman–Crippen MR) is 303 cm³/mol. The number of Topliss-reactive ketones (excluding diaryl/α,β-unsaturated/α-hetero) is 1. The van der Waals surface area contributed by atoms with E-state index in [2.05, 4.69) is 26.6 Å². The number of nitrogens with one attached hydrogen (secondary N) is 6. The fourth-order valence-electron chi connectivity index (χ4n) is 10.6. The van der Waals surface area contributed by atoms with Gasteiger partial charge in [0.25, 0.3) is 0 Å². The third-order valence-electron chi connectivity index (χ3n) is 15.3. The van der Waals surface area contributed by atoms with Gasteiger partial charge in [0.2, 0.25) is 35.4 Å². The molecule has 464 valence electrons. The molecular formula is C53H95B3N8O18. The molecule has 3 unspecified atom stereocenters. The molecule has 3 aliphatic heterocycles. The zero-order valence-corrected chi connectivity index (χ0v) is 48.8. The number of hydrogen-bond acceptors (Lipinski definition) is 20. The van der Waals surface area contributed by atoms with Gasteiger partial charge < -0.3 is 91.9 Å². The van der Waals surface area contributed by atoms with Crippen LogP contribution in [0, 0.1) is 17.8 Å². The van der Waals surface area contributed by atoms with Gasteiger partial charge in [0.05, 0.1) is 131 Å². The molecule has 6 radical (unpaired) electrons. The smallest absolute Gasteiger partial charge is 0.236 e. The first-order valence-electron chi connectivity index (χ1n) is 29.1. The van der Waals surface area contributed by atoms with Gasteiger partial charge in [0, 0.05) is 52.2 Å². The average Bonchev–Trinajstić information content (AvgIpc) is 3.65. The lowest BCUT2D eigenvalue weighted by molar-refractivity contribution is -0.152. The highest BCUT2D eigenvalue weighted by Crippen LogP contribution is 2.34. The molecule has 15 N–H and O–H groups in total. The number of hydrogen-bond donors (Lipinski definition) is 14. The van der Waals surface area contributed by atoms with Crippen molar-refractivity contribution in [1.82, 2.24) is 36.8 Å². The van der Waals surface area contributed by atoms with Gasteiger partial charge in [-0.15, -0.1) is 0 Å². The predicted octanol–water partition coefficient (Wildman–Crippen LogP) is -3.98. The van der Waals surface area contributed by atoms with Crippen molar-refractivity contribution >= 4 is 64.8 Å². The summed E-state index contributed by atoms with van der Waals surface area (Å²) in [5, 5.41) is 83.4. The van der Waals surface area contributed by atoms with Crippen LogP contribution in [0.25, 0.3) is 0 Å². The van der Waals surface area contributed by atoms with Crippen molar-refractivity contribution < 1.29 is 89.7 Å². The Hall–Kier alpha value is -3.84. The zero-order chi connectivity index (χ0) is 62.5. The SMILES string of the molecule is CO.[3H]N(CCCC[C@H]1O[C@H](CO)[C@H](O)[C@H]([B])[C@H]1NC(C)=O)CC(=O)N(CCCC[C@@H]1O[C@@H](CO)[C@@H](O)[C@@H]([B])[C@@H]1NC(C)=O)CC(=O)C(CCCC[C@H]1O[C@H](CO)[C@H](O)[C@H]([B])[C@H]1NC(C)=O)COCNCNC(=O)C(CC)CC(C)C(N)=O. The molecule has 0 aromatic rings. The Kier molecular flexibility index (Phi) is 35.1. The van der Waals surface area contributed by atoms with Gasteiger partial charge in [-0.1, -0.05) is 26.7 Å². The maximum atomic E-state index is 14.5. The van der Waals surface area contributed by atoms with Crippen molar-refractivity contribution in [3.05, 3.63) is 0 Å². The summed E-state index contributed by atoms with van der Waals surface area (Å²) in [6.07, 6.45) is -4.38. The third kappa shape index (κ3) is 24.6. The Morgan fingerprint density at radius 2 is 1.11 bits per heavy atom. The van der Waals surface area contributed by atoms with Crippen LogP contribution in [0.4, 0.5) is 0 Å². The number of ketones is 1. The maximum absolute atomic E-state index is 14.5. The number of nitrogens with two attached hydrogens (primary N) is 1. The van der Waals surface area contributed by atoms with Crippen LogP contribution in [0.2, 0.25) is 18.9 Å². The molecule has 0 aliphatic carbocycles. The second kappa shape index (κ2) is 39.7. The molecular weight excluding hydrogens is 1070 g/mol. The fourth-order valence-corrected chi connectivity index (χ4v) is 10.6. The van der Waals surface area contributed by atoms with Gasteiger partial charge >= 0.3 is 0 Å². The molecule has 0 aromatic carbocycles. The molecule has 29 heteroatoms. The Bertz CT molecular complexity index is 1970. The zero-order valence-electron chi connectivity index (χ0n) is 49.8. The minimum Gasteiger partial charge on any atom is -0.400 e. The Morgan fingerprint density at radius 3 is 1.52 bits per heavy atom. The summed E-state index contributed by atoms with van der Waals surface area (Å²) in [6.45, 7) is 5.03. The summed E-state index contributed by atoms with van der Waals surface area (Å²) < 4.78 is 32.6. The van der Waals surface area contributed by atoms with E-state index in [1.165, 1.54) is 25.7 Å². The first kappa shape index (κ1) is 72.4. The van der Waals surface area contributed by atoms with Crippen LogP contribution < -0.4 is 37.6 Å². The van der Waals surface area contributed by atoms with E-state index >= 15 is 0 Å². The normalized spacial score (nSPS) is 29.4. The molecule has 3 saturated heterocycles. The Labute approximate surface area is 488 Å². The number of carbonyl (C=O) groups is 7. The van der Waals surface area contributed by atoms with Crippen molar-refractivity contribution in [2.75, 3.05) is 73.1 Å². The van der Waals surface area contributed by atoms with E-state index in [1.807, 2.05) is 6.92 Å². The molecule has 0 aromatic heterocycles. The summed E-state index contributed by atoms with van der Waals surface area (Å²) in [5.41, 5.74) is 5.41. The Morgan fingerprint density at radius 1 is 0.671 bits per heavy atom. The number of aliphatic hydroxyl groups excluding tert-OH is 7. The molecule has 3 heterocycles. The first-order valence-corrected chi connectivity index (χ1v) is 28.6. The average molecular weight is 1170 g/mol. The third-order valence-corrected chi connectivity index (χ3v) is 15.3. The molecule has 3 aliphatic rings. The minimum absolute atomic E-state index is 0.00634. The molecule has 0 bridgehead atoms. The highest BCUT2D eigenvalue weighted by atomic mass is 16.5. The largest absolute Gasteiger partial charge is 0.400 e. The van der Waals surface area contributed by atoms with E-state index in [0.29, 0.717) is 57.8 Å². The second-order valence-corrected chi connectivity index (χ2v) is 21.6. The topological polar surface area (TPSA) is 399 Å². The number of aliphatic hydroxyl groups is 7. The monoisotopic (exact) mass is 1170 g/mol. The van der Waals surface area contributed by atoms with Gasteiger partial charge in [0.15, 0.2) is 5.78 Å². The van der Waals surface area contributed by atoms with E-state index in [4.69, 9.17) is 54.7 Å². The van der Waals surface area contributed by atoms with Crippen molar-refractivity contribution in [3.8, 4) is 0 Å². The van der Waals surface area contributed by atoms with E-state index in [9.17, 15) is 64.2 Å². The number of primary amides is 1. The van der Waals surface area contributed by atoms with Crippen molar-refractivity contribution in [2.24, 2.45) is 23.5 Å². The summed E-state index contributed by atoms with van der Waals surface area (Å²) in [4.78, 5) is 91.0. The van der Waals surface area contributed by atoms with Gasteiger partial charge in [-0.3, -0.25) is 38.9 Å². The standard InChI is InChI=1S/C52H91B3N8O17.CH4O/c1-6-32(19-28(2)51(56)75)52(76)59-26-58-27-77-25-33(13-7-8-14-35-45(60-29(3)67)42(53)48(72)38(22-64)78-35)34(70)21-63(18-12-10-16-37-47(62-31(5)69)44(55)50(74)40(24-66)80-37)41(71)20-57-17-11-9-15-36-46(61-30(4)68)43(54)49(73)39(23-65)79-36;1-2/h28,32-33,35-40,42-50,57-58,64-66,72-74H,6-27H2,1-5H3,(H2,56,75)(H,59,76)(H,60,67)(H,61,68)(H,62,69);2H,1H3/t28?,32?,33?,35-,36-,37+,38-,39-,40+,42-,43-,44+,45+,46+,47-,48+,49+,50-;/m1./s1/i/hT. The van der Waals surface area contributed by atoms with Crippen LogP contribution in [-0.2, 0) is 52.5 Å². The van der Waals surface area contributed by atoms with E-state index in [-0.39, 0.29) is 76.5 Å². The van der Waals surface area contributed by atoms with Crippen LogP contribution in [0.3, 0.4) is 0 Å². The highest BCUT2D eigenvalue weighted by molar-refractivity contribution is 6.13. The fraction of sp³-hybridized carbons (Fsp3) is 0.868. The molecule has 0 spiro atoms. The van der Waals surface area contributed by atoms with Crippen LogP contribution >= 0.6 is 0 Å². The first-order chi connectivity index (χ1) is 39.4. The van der Waals surface area contributed by atoms with Crippen molar-refractivity contribution in [1.29, 1.82) is 0 Å². The van der Waals surface area contributed by atoms with Crippen LogP contribution in [0.1, 0.15) is 112 Å². The summed E-state index contributed by atoms with van der Waals surface area (Å²) in [5.74, 6) is -7.43. The molecule has 18 atom stereocenters. The molecule has 6 amide bonds. The molecule has 0 saturated carbocycles. The molecule has 26 nitrogen and oxygen atoms in total. The highest BCUT2D eigenvalue weighted by Gasteiger charge is 2.45.